The molecule has 1 N–H and O–H groups in total. The number of carbonyl (C=O) groups is 1. The number of aryl methyl sites for hydroxylation is 1. The van der Waals surface area contributed by atoms with E-state index in [1.807, 2.05) is 24.3 Å². The van der Waals surface area contributed by atoms with E-state index in [1.165, 1.54) is 7.11 Å². The van der Waals surface area contributed by atoms with E-state index in [0.29, 0.717) is 5.52 Å². The zero-order valence-corrected chi connectivity index (χ0v) is 18.4. The first kappa shape index (κ1) is 18.6. The third kappa shape index (κ3) is 3.91. The van der Waals surface area contributed by atoms with Crippen LogP contribution in [0.3, 0.4) is 0 Å². The Morgan fingerprint density at radius 3 is 3.03 bits per heavy atom. The Labute approximate surface area is 198 Å². The predicted octanol–water partition coefficient (Wildman–Crippen LogP) is 3.09. The topological polar surface area (TPSA) is 89.6 Å². The van der Waals surface area contributed by atoms with Gasteiger partial charge in [0.2, 0.25) is 17.7 Å². The Balaban J connectivity index is 1.41. The molecule has 4 heterocycles. The van der Waals surface area contributed by atoms with Gasteiger partial charge in [-0.3, -0.25) is 4.79 Å². The lowest BCUT2D eigenvalue weighted by atomic mass is 10.0. The highest BCUT2D eigenvalue weighted by Crippen LogP contribution is 2.33. The second-order valence-electron chi connectivity index (χ2n) is 8.10. The maximum atomic E-state index is 14.9. The Kier molecular flexibility index (Phi) is 4.87. The summed E-state index contributed by atoms with van der Waals surface area (Å²) in [5.41, 5.74) is 3.78. The van der Waals surface area contributed by atoms with Crippen LogP contribution in [0.5, 0.6) is 5.88 Å². The molecule has 4 aromatic rings. The normalized spacial score (nSPS) is 20.2. The highest BCUT2D eigenvalue weighted by Gasteiger charge is 2.31. The number of methoxy groups -OCH3 is 1. The van der Waals surface area contributed by atoms with Crippen molar-refractivity contribution in [2.24, 2.45) is 0 Å². The van der Waals surface area contributed by atoms with Gasteiger partial charge in [-0.2, -0.15) is 4.98 Å². The van der Waals surface area contributed by atoms with Crippen LogP contribution in [0.15, 0.2) is 36.8 Å². The fraction of sp³-hybridized carbons (Fsp3) is 0.391. The number of fused-ring (bicyclic) bond motifs is 2. The summed E-state index contributed by atoms with van der Waals surface area (Å²) in [6.45, 7) is -3.33. The number of ether oxygens (including phenoxy) is 1. The molecule has 0 spiro atoms. The molecular weight excluding hydrogens is 444 g/mol. The van der Waals surface area contributed by atoms with Gasteiger partial charge < -0.3 is 19.5 Å². The number of imidazole rings is 1. The van der Waals surface area contributed by atoms with E-state index >= 15 is 0 Å². The van der Waals surface area contributed by atoms with Crippen LogP contribution in [0.2, 0.25) is 0 Å². The van der Waals surface area contributed by atoms with E-state index in [0.717, 1.165) is 27.1 Å². The highest BCUT2D eigenvalue weighted by atomic mass is 19.1. The maximum absolute atomic E-state index is 14.9. The molecule has 1 aromatic carbocycles. The van der Waals surface area contributed by atoms with Crippen LogP contribution in [0.1, 0.15) is 17.4 Å². The van der Waals surface area contributed by atoms with Gasteiger partial charge in [0.1, 0.15) is 18.4 Å². The lowest BCUT2D eigenvalue weighted by Gasteiger charge is -2.34. The first-order valence-electron chi connectivity index (χ1n) is 12.3. The summed E-state index contributed by atoms with van der Waals surface area (Å²) in [7, 11) is 1.47. The fourth-order valence-electron chi connectivity index (χ4n) is 4.34. The number of anilines is 1. The van der Waals surface area contributed by atoms with Crippen LogP contribution in [0.25, 0.3) is 27.7 Å². The number of likely N-dealkylation sites (tertiary alicyclic amines) is 1. The van der Waals surface area contributed by atoms with Gasteiger partial charge in [-0.15, -0.1) is 5.10 Å². The van der Waals surface area contributed by atoms with Crippen molar-refractivity contribution >= 4 is 28.4 Å². The number of alkyl halides is 2. The van der Waals surface area contributed by atoms with Gasteiger partial charge in [-0.25, -0.2) is 18.3 Å². The lowest BCUT2D eigenvalue weighted by molar-refractivity contribution is -0.131. The first-order valence-corrected chi connectivity index (χ1v) is 10.8. The van der Waals surface area contributed by atoms with Crippen molar-refractivity contribution in [2.75, 3.05) is 32.2 Å². The van der Waals surface area contributed by atoms with Gasteiger partial charge in [0.05, 0.1) is 43.6 Å². The van der Waals surface area contributed by atoms with Crippen LogP contribution >= 0.6 is 0 Å². The fourth-order valence-corrected chi connectivity index (χ4v) is 4.34. The molecule has 2 atom stereocenters. The van der Waals surface area contributed by atoms with Gasteiger partial charge in [-0.05, 0) is 30.2 Å². The monoisotopic (exact) mass is 472 g/mol. The van der Waals surface area contributed by atoms with Gasteiger partial charge in [0.15, 0.2) is 0 Å². The molecule has 1 fully saturated rings. The number of nitrogens with zero attached hydrogens (tertiary/aromatic N) is 6. The molecule has 3 aromatic heterocycles. The number of benzene rings is 1. The third-order valence-electron chi connectivity index (χ3n) is 6.07. The Bertz CT molecular complexity index is 1460. The van der Waals surface area contributed by atoms with Gasteiger partial charge >= 0.3 is 0 Å². The van der Waals surface area contributed by atoms with Gasteiger partial charge in [0.25, 0.3) is 0 Å². The number of hydrogen-bond donors (Lipinski definition) is 1. The van der Waals surface area contributed by atoms with E-state index in [4.69, 9.17) is 8.85 Å². The van der Waals surface area contributed by atoms with Crippen LogP contribution in [0.4, 0.5) is 14.7 Å². The Morgan fingerprint density at radius 2 is 2.26 bits per heavy atom. The van der Waals surface area contributed by atoms with E-state index in [9.17, 15) is 13.6 Å². The number of carbonyl (C=O) groups excluding carboxylic acids is 1. The zero-order valence-electron chi connectivity index (χ0n) is 21.4. The van der Waals surface area contributed by atoms with E-state index < -0.39 is 31.6 Å². The molecule has 0 unspecified atom stereocenters. The van der Waals surface area contributed by atoms with Crippen molar-refractivity contribution in [1.82, 2.24) is 29.0 Å². The number of rotatable bonds is 6. The van der Waals surface area contributed by atoms with Crippen molar-refractivity contribution in [1.29, 1.82) is 0 Å². The van der Waals surface area contributed by atoms with Crippen molar-refractivity contribution in [2.45, 2.75) is 32.0 Å². The summed E-state index contributed by atoms with van der Waals surface area (Å²) in [6, 6.07) is 6.82. The molecule has 178 valence electrons. The van der Waals surface area contributed by atoms with Crippen LogP contribution < -0.4 is 10.1 Å². The first-order chi connectivity index (χ1) is 17.7. The molecule has 5 rings (SSSR count). The van der Waals surface area contributed by atoms with Crippen molar-refractivity contribution in [3.8, 4) is 17.0 Å². The molecular formula is C23H25F2N7O2. The molecule has 34 heavy (non-hydrogen) atoms. The minimum Gasteiger partial charge on any atom is -0.479 e. The summed E-state index contributed by atoms with van der Waals surface area (Å²) < 4.78 is 58.5. The maximum Gasteiger partial charge on any atom is 0.244 e. The smallest absolute Gasteiger partial charge is 0.244 e. The van der Waals surface area contributed by atoms with E-state index in [-0.39, 0.29) is 37.9 Å². The Morgan fingerprint density at radius 1 is 1.38 bits per heavy atom. The summed E-state index contributed by atoms with van der Waals surface area (Å²) in [5.74, 6) is -0.662. The summed E-state index contributed by atoms with van der Waals surface area (Å²) in [5, 5.41) is 7.42. The molecule has 1 amide bonds. The number of halogens is 2. The van der Waals surface area contributed by atoms with E-state index in [1.54, 1.807) is 21.6 Å². The second kappa shape index (κ2) is 8.88. The number of hydrogen-bond acceptors (Lipinski definition) is 6. The Hall–Kier alpha value is -3.76. The number of amides is 1. The lowest BCUT2D eigenvalue weighted by Crippen LogP contribution is -2.49. The molecule has 1 aliphatic heterocycles. The van der Waals surface area contributed by atoms with Gasteiger partial charge in [-0.1, -0.05) is 6.07 Å². The molecule has 1 saturated heterocycles. The SMILES string of the molecule is [2H]C([2H])([2H])C(=O)N1CC[C@H](Nc2nc(OC)c3c(-c4ccc5ncn(CCF)c5c4)ccn3n2)[C@H](F)C1. The second-order valence-corrected chi connectivity index (χ2v) is 8.10. The van der Waals surface area contributed by atoms with Crippen LogP contribution in [-0.2, 0) is 11.3 Å². The number of aromatic nitrogens is 5. The summed E-state index contributed by atoms with van der Waals surface area (Å²) in [4.78, 5) is 21.8. The zero-order chi connectivity index (χ0) is 26.3. The number of piperidine rings is 1. The molecule has 9 nitrogen and oxygen atoms in total. The van der Waals surface area contributed by atoms with Crippen LogP contribution in [-0.4, -0.2) is 74.0 Å². The third-order valence-corrected chi connectivity index (χ3v) is 6.07. The van der Waals surface area contributed by atoms with E-state index in [2.05, 4.69) is 20.4 Å². The quantitative estimate of drug-likeness (QED) is 0.464. The van der Waals surface area contributed by atoms with Gasteiger partial charge in [0, 0.05) is 29.3 Å². The molecule has 0 saturated carbocycles. The van der Waals surface area contributed by atoms with Crippen molar-refractivity contribution in [3.63, 3.8) is 0 Å². The molecule has 0 aliphatic carbocycles. The molecule has 1 aliphatic rings. The largest absolute Gasteiger partial charge is 0.479 e. The van der Waals surface area contributed by atoms with Crippen molar-refractivity contribution in [3.05, 3.63) is 36.8 Å². The summed E-state index contributed by atoms with van der Waals surface area (Å²) >= 11 is 0. The highest BCUT2D eigenvalue weighted by molar-refractivity contribution is 5.89. The van der Waals surface area contributed by atoms with Crippen LogP contribution in [0, 0.1) is 0 Å². The summed E-state index contributed by atoms with van der Waals surface area (Å²) in [6.07, 6.45) is 2.02. The average Bonchev–Trinajstić information content (AvgIpc) is 3.48. The molecule has 0 bridgehead atoms. The average molecular weight is 473 g/mol. The minimum absolute atomic E-state index is 0.101. The minimum atomic E-state index is -2.80. The molecule has 11 heteroatoms. The predicted molar refractivity (Wildman–Crippen MR) is 123 cm³/mol. The van der Waals surface area contributed by atoms with Crippen molar-refractivity contribution < 1.29 is 22.4 Å². The molecule has 0 radical (unpaired) electrons. The number of nitrogens with one attached hydrogen (secondary N) is 1. The standard InChI is InChI=1S/C23H25F2N7O2/c1-14(33)30-8-6-18(17(25)12-30)27-23-28-22(34-2)21-16(5-9-32(21)29-23)15-3-4-19-20(11-15)31(10-7-24)13-26-19/h3-5,9,11,13,17-18H,6-8,10,12H2,1-2H3,(H,27,29)/t17-,18+/m1/s1/i1D3.